The van der Waals surface area contributed by atoms with E-state index in [9.17, 15) is 0 Å². The van der Waals surface area contributed by atoms with E-state index in [1.54, 1.807) is 6.92 Å². The van der Waals surface area contributed by atoms with Gasteiger partial charge in [0, 0.05) is 25.0 Å². The van der Waals surface area contributed by atoms with Gasteiger partial charge in [-0.3, -0.25) is 4.90 Å². The summed E-state index contributed by atoms with van der Waals surface area (Å²) in [6.45, 7) is 6.22. The van der Waals surface area contributed by atoms with Crippen LogP contribution in [-0.2, 0) is 4.74 Å². The van der Waals surface area contributed by atoms with Crippen LogP contribution in [0.15, 0.2) is 28.7 Å². The summed E-state index contributed by atoms with van der Waals surface area (Å²) in [5.74, 6) is 1.25. The predicted molar refractivity (Wildman–Crippen MR) is 79.2 cm³/mol. The zero-order valence-corrected chi connectivity index (χ0v) is 12.9. The van der Waals surface area contributed by atoms with E-state index >= 15 is 0 Å². The molecule has 0 amide bonds. The third kappa shape index (κ3) is 3.26. The van der Waals surface area contributed by atoms with E-state index < -0.39 is 0 Å². The number of hydrogen-bond donors (Lipinski definition) is 0. The second-order valence-corrected chi connectivity index (χ2v) is 5.68. The van der Waals surface area contributed by atoms with Crippen molar-refractivity contribution in [2.24, 2.45) is 0 Å². The largest absolute Gasteiger partial charge is 0.424 e. The maximum Gasteiger partial charge on any atom is 0.233 e. The first-order valence-corrected chi connectivity index (χ1v) is 7.42. The van der Waals surface area contributed by atoms with Gasteiger partial charge in [-0.2, -0.15) is 0 Å². The summed E-state index contributed by atoms with van der Waals surface area (Å²) in [6.07, 6.45) is 0.0440. The van der Waals surface area contributed by atoms with Crippen molar-refractivity contribution in [1.29, 1.82) is 0 Å². The molecule has 6 heteroatoms. The summed E-state index contributed by atoms with van der Waals surface area (Å²) in [4.78, 5) is 2.30. The van der Waals surface area contributed by atoms with Gasteiger partial charge in [-0.1, -0.05) is 23.7 Å². The van der Waals surface area contributed by atoms with Crippen molar-refractivity contribution in [2.75, 3.05) is 19.7 Å². The van der Waals surface area contributed by atoms with Crippen molar-refractivity contribution in [2.45, 2.75) is 26.0 Å². The number of rotatable bonds is 3. The van der Waals surface area contributed by atoms with Gasteiger partial charge in [-0.05, 0) is 24.6 Å². The number of halogens is 1. The van der Waals surface area contributed by atoms with E-state index in [0.717, 1.165) is 23.7 Å². The van der Waals surface area contributed by atoms with Crippen LogP contribution in [0.25, 0.3) is 0 Å². The molecule has 1 saturated heterocycles. The normalized spacial score (nSPS) is 21.4. The van der Waals surface area contributed by atoms with E-state index in [-0.39, 0.29) is 12.1 Å². The summed E-state index contributed by atoms with van der Waals surface area (Å²) in [6, 6.07) is 7.90. The van der Waals surface area contributed by atoms with Gasteiger partial charge in [0.2, 0.25) is 11.8 Å². The molecular formula is C15H18ClN3O2. The van der Waals surface area contributed by atoms with Crippen LogP contribution in [0.2, 0.25) is 5.02 Å². The van der Waals surface area contributed by atoms with Gasteiger partial charge in [0.05, 0.1) is 18.8 Å². The Kier molecular flexibility index (Phi) is 4.24. The smallest absolute Gasteiger partial charge is 0.233 e. The highest BCUT2D eigenvalue weighted by molar-refractivity contribution is 6.30. The van der Waals surface area contributed by atoms with E-state index in [0.29, 0.717) is 18.4 Å². The van der Waals surface area contributed by atoms with Gasteiger partial charge >= 0.3 is 0 Å². The molecule has 5 nitrogen and oxygen atoms in total. The molecule has 1 aromatic heterocycles. The van der Waals surface area contributed by atoms with Gasteiger partial charge in [0.1, 0.15) is 0 Å². The van der Waals surface area contributed by atoms with E-state index in [2.05, 4.69) is 22.0 Å². The van der Waals surface area contributed by atoms with Crippen LogP contribution < -0.4 is 0 Å². The Morgan fingerprint density at radius 3 is 2.71 bits per heavy atom. The lowest BCUT2D eigenvalue weighted by Crippen LogP contribution is -2.40. The molecule has 0 saturated carbocycles. The Hall–Kier alpha value is -1.43. The number of benzene rings is 1. The molecule has 112 valence electrons. The van der Waals surface area contributed by atoms with Crippen molar-refractivity contribution in [1.82, 2.24) is 15.1 Å². The lowest BCUT2D eigenvalue weighted by molar-refractivity contribution is -0.0464. The SMILES string of the molecule is Cc1nnc(C(C)N2CCOC(c3ccc(Cl)cc3)C2)o1. The summed E-state index contributed by atoms with van der Waals surface area (Å²) in [7, 11) is 0. The quantitative estimate of drug-likeness (QED) is 0.872. The Morgan fingerprint density at radius 1 is 1.29 bits per heavy atom. The van der Waals surface area contributed by atoms with Crippen LogP contribution in [-0.4, -0.2) is 34.8 Å². The van der Waals surface area contributed by atoms with Crippen LogP contribution >= 0.6 is 11.6 Å². The highest BCUT2D eigenvalue weighted by Crippen LogP contribution is 2.28. The Morgan fingerprint density at radius 2 is 2.05 bits per heavy atom. The maximum atomic E-state index is 5.93. The molecular weight excluding hydrogens is 290 g/mol. The first-order valence-electron chi connectivity index (χ1n) is 7.04. The maximum absolute atomic E-state index is 5.93. The van der Waals surface area contributed by atoms with Crippen LogP contribution in [0, 0.1) is 6.92 Å². The average molecular weight is 308 g/mol. The van der Waals surface area contributed by atoms with Crippen LogP contribution in [0.5, 0.6) is 0 Å². The standard InChI is InChI=1S/C15H18ClN3O2/c1-10(15-18-17-11(2)21-15)19-7-8-20-14(9-19)12-3-5-13(16)6-4-12/h3-6,10,14H,7-9H2,1-2H3. The lowest BCUT2D eigenvalue weighted by Gasteiger charge is -2.35. The van der Waals surface area contributed by atoms with Gasteiger partial charge in [0.25, 0.3) is 0 Å². The van der Waals surface area contributed by atoms with Gasteiger partial charge in [-0.25, -0.2) is 0 Å². The van der Waals surface area contributed by atoms with E-state index in [1.807, 2.05) is 24.3 Å². The Labute approximate surface area is 128 Å². The lowest BCUT2D eigenvalue weighted by atomic mass is 10.1. The number of hydrogen-bond acceptors (Lipinski definition) is 5. The molecule has 2 aromatic rings. The second kappa shape index (κ2) is 6.13. The molecule has 0 N–H and O–H groups in total. The first-order chi connectivity index (χ1) is 10.1. The van der Waals surface area contributed by atoms with Crippen molar-refractivity contribution < 1.29 is 9.15 Å². The number of ether oxygens (including phenoxy) is 1. The average Bonchev–Trinajstić information content (AvgIpc) is 2.94. The monoisotopic (exact) mass is 307 g/mol. The minimum absolute atomic E-state index is 0.0440. The summed E-state index contributed by atoms with van der Waals surface area (Å²) in [5.41, 5.74) is 1.14. The first kappa shape index (κ1) is 14.5. The van der Waals surface area contributed by atoms with Crippen molar-refractivity contribution >= 4 is 11.6 Å². The molecule has 2 atom stereocenters. The number of nitrogens with zero attached hydrogens (tertiary/aromatic N) is 3. The van der Waals surface area contributed by atoms with Gasteiger partial charge < -0.3 is 9.15 Å². The number of aromatic nitrogens is 2. The fraction of sp³-hybridized carbons (Fsp3) is 0.467. The van der Waals surface area contributed by atoms with Crippen LogP contribution in [0.1, 0.15) is 36.4 Å². The third-order valence-electron chi connectivity index (χ3n) is 3.79. The van der Waals surface area contributed by atoms with Crippen LogP contribution in [0.3, 0.4) is 0 Å². The summed E-state index contributed by atoms with van der Waals surface area (Å²) < 4.78 is 11.4. The molecule has 0 spiro atoms. The minimum atomic E-state index is 0.0440. The number of morpholine rings is 1. The molecule has 21 heavy (non-hydrogen) atoms. The summed E-state index contributed by atoms with van der Waals surface area (Å²) >= 11 is 5.93. The Bertz CT molecular complexity index is 599. The minimum Gasteiger partial charge on any atom is -0.424 e. The van der Waals surface area contributed by atoms with E-state index in [4.69, 9.17) is 20.8 Å². The molecule has 0 radical (unpaired) electrons. The molecule has 2 unspecified atom stereocenters. The predicted octanol–water partition coefficient (Wildman–Crippen LogP) is 3.17. The highest BCUT2D eigenvalue weighted by atomic mass is 35.5. The van der Waals surface area contributed by atoms with Crippen LogP contribution in [0.4, 0.5) is 0 Å². The topological polar surface area (TPSA) is 51.4 Å². The zero-order valence-electron chi connectivity index (χ0n) is 12.1. The zero-order chi connectivity index (χ0) is 14.8. The molecule has 0 bridgehead atoms. The molecule has 1 aliphatic heterocycles. The molecule has 3 rings (SSSR count). The van der Waals surface area contributed by atoms with Crippen molar-refractivity contribution in [3.63, 3.8) is 0 Å². The third-order valence-corrected chi connectivity index (χ3v) is 4.04. The second-order valence-electron chi connectivity index (χ2n) is 5.24. The van der Waals surface area contributed by atoms with Crippen molar-refractivity contribution in [3.05, 3.63) is 46.6 Å². The van der Waals surface area contributed by atoms with Gasteiger partial charge in [-0.15, -0.1) is 10.2 Å². The molecule has 0 aliphatic carbocycles. The molecule has 1 fully saturated rings. The van der Waals surface area contributed by atoms with Gasteiger partial charge in [0.15, 0.2) is 0 Å². The molecule has 2 heterocycles. The fourth-order valence-electron chi connectivity index (χ4n) is 2.54. The van der Waals surface area contributed by atoms with Crippen molar-refractivity contribution in [3.8, 4) is 0 Å². The molecule has 1 aliphatic rings. The summed E-state index contributed by atoms with van der Waals surface area (Å²) in [5, 5.41) is 8.75. The Balaban J connectivity index is 1.72. The number of aryl methyl sites for hydroxylation is 1. The molecule has 1 aromatic carbocycles. The van der Waals surface area contributed by atoms with E-state index in [1.165, 1.54) is 0 Å². The highest BCUT2D eigenvalue weighted by Gasteiger charge is 2.28. The fourth-order valence-corrected chi connectivity index (χ4v) is 2.66.